The minimum Gasteiger partial charge on any atom is -0.300 e. The van der Waals surface area contributed by atoms with Gasteiger partial charge in [0.1, 0.15) is 5.78 Å². The van der Waals surface area contributed by atoms with Crippen LogP contribution < -0.4 is 0 Å². The number of hydrogen-bond acceptors (Lipinski definition) is 2. The smallest absolute Gasteiger partial charge is 0.130 e. The maximum atomic E-state index is 10.6. The van der Waals surface area contributed by atoms with Gasteiger partial charge in [-0.25, -0.2) is 0 Å². The van der Waals surface area contributed by atoms with Crippen molar-refractivity contribution in [3.8, 4) is 0 Å². The fourth-order valence-corrected chi connectivity index (χ4v) is 2.24. The van der Waals surface area contributed by atoms with Gasteiger partial charge in [0.15, 0.2) is 0 Å². The van der Waals surface area contributed by atoms with Gasteiger partial charge in [-0.05, 0) is 35.3 Å². The van der Waals surface area contributed by atoms with Crippen LogP contribution in [-0.4, -0.2) is 5.78 Å². The van der Waals surface area contributed by atoms with Crippen LogP contribution in [0.3, 0.4) is 0 Å². The Labute approximate surface area is 78.6 Å². The number of carbonyl (C=O) groups excluding carboxylic acids is 1. The molecule has 0 aliphatic heterocycles. The van der Waals surface area contributed by atoms with Crippen molar-refractivity contribution < 1.29 is 4.79 Å². The molecular formula is C8H9BrOS. The molecule has 1 heterocycles. The van der Waals surface area contributed by atoms with Gasteiger partial charge >= 0.3 is 0 Å². The maximum absolute atomic E-state index is 10.6. The van der Waals surface area contributed by atoms with Gasteiger partial charge in [0, 0.05) is 21.2 Å². The van der Waals surface area contributed by atoms with Gasteiger partial charge in [0.05, 0.1) is 0 Å². The maximum Gasteiger partial charge on any atom is 0.130 e. The SMILES string of the molecule is CC(=O)CCc1cc(Br)cs1. The lowest BCUT2D eigenvalue weighted by molar-refractivity contribution is -0.116. The quantitative estimate of drug-likeness (QED) is 0.784. The molecule has 11 heavy (non-hydrogen) atoms. The Bertz CT molecular complexity index is 254. The van der Waals surface area contributed by atoms with E-state index in [1.807, 2.05) is 5.38 Å². The van der Waals surface area contributed by atoms with E-state index in [2.05, 4.69) is 22.0 Å². The summed E-state index contributed by atoms with van der Waals surface area (Å²) in [5, 5.41) is 2.04. The van der Waals surface area contributed by atoms with Crippen LogP contribution in [0, 0.1) is 0 Å². The van der Waals surface area contributed by atoms with E-state index in [1.54, 1.807) is 18.3 Å². The second kappa shape index (κ2) is 4.02. The number of rotatable bonds is 3. The van der Waals surface area contributed by atoms with Gasteiger partial charge in [-0.2, -0.15) is 0 Å². The zero-order chi connectivity index (χ0) is 8.27. The number of carbonyl (C=O) groups is 1. The molecular weight excluding hydrogens is 224 g/mol. The van der Waals surface area contributed by atoms with E-state index in [0.29, 0.717) is 6.42 Å². The van der Waals surface area contributed by atoms with Crippen LogP contribution in [0.1, 0.15) is 18.2 Å². The van der Waals surface area contributed by atoms with Crippen LogP contribution in [0.2, 0.25) is 0 Å². The van der Waals surface area contributed by atoms with Crippen LogP contribution in [0.4, 0.5) is 0 Å². The third-order valence-electron chi connectivity index (χ3n) is 1.35. The zero-order valence-electron chi connectivity index (χ0n) is 6.26. The molecule has 0 saturated carbocycles. The average molecular weight is 233 g/mol. The highest BCUT2D eigenvalue weighted by molar-refractivity contribution is 9.10. The van der Waals surface area contributed by atoms with Crippen LogP contribution in [-0.2, 0) is 11.2 Å². The van der Waals surface area contributed by atoms with Crippen molar-refractivity contribution in [3.63, 3.8) is 0 Å². The molecule has 1 nitrogen and oxygen atoms in total. The van der Waals surface area contributed by atoms with E-state index < -0.39 is 0 Å². The van der Waals surface area contributed by atoms with E-state index in [9.17, 15) is 4.79 Å². The highest BCUT2D eigenvalue weighted by atomic mass is 79.9. The number of Topliss-reactive ketones (excluding diaryl/α,β-unsaturated/α-hetero) is 1. The third-order valence-corrected chi connectivity index (χ3v) is 3.10. The lowest BCUT2D eigenvalue weighted by Crippen LogP contribution is -1.91. The van der Waals surface area contributed by atoms with E-state index in [0.717, 1.165) is 10.9 Å². The molecule has 0 atom stereocenters. The number of hydrogen-bond donors (Lipinski definition) is 0. The summed E-state index contributed by atoms with van der Waals surface area (Å²) in [5.41, 5.74) is 0. The summed E-state index contributed by atoms with van der Waals surface area (Å²) >= 11 is 5.06. The average Bonchev–Trinajstić information content (AvgIpc) is 2.31. The van der Waals surface area contributed by atoms with Gasteiger partial charge in [-0.1, -0.05) is 0 Å². The normalized spacial score (nSPS) is 10.0. The van der Waals surface area contributed by atoms with Gasteiger partial charge in [0.25, 0.3) is 0 Å². The standard InChI is InChI=1S/C8H9BrOS/c1-6(10)2-3-8-4-7(9)5-11-8/h4-5H,2-3H2,1H3. The molecule has 0 radical (unpaired) electrons. The molecule has 0 aliphatic rings. The molecule has 0 unspecified atom stereocenters. The van der Waals surface area contributed by atoms with Gasteiger partial charge < -0.3 is 4.79 Å². The Morgan fingerprint density at radius 1 is 1.73 bits per heavy atom. The van der Waals surface area contributed by atoms with Crippen molar-refractivity contribution in [2.24, 2.45) is 0 Å². The Morgan fingerprint density at radius 3 is 2.91 bits per heavy atom. The molecule has 1 rings (SSSR count). The summed E-state index contributed by atoms with van der Waals surface area (Å²) in [6, 6.07) is 2.06. The number of thiophene rings is 1. The van der Waals surface area contributed by atoms with E-state index in [-0.39, 0.29) is 5.78 Å². The van der Waals surface area contributed by atoms with E-state index in [1.165, 1.54) is 4.88 Å². The molecule has 0 aliphatic carbocycles. The molecule has 3 heteroatoms. The molecule has 0 amide bonds. The van der Waals surface area contributed by atoms with Crippen LogP contribution in [0.5, 0.6) is 0 Å². The molecule has 60 valence electrons. The largest absolute Gasteiger partial charge is 0.300 e. The Morgan fingerprint density at radius 2 is 2.45 bits per heavy atom. The van der Waals surface area contributed by atoms with E-state index in [4.69, 9.17) is 0 Å². The van der Waals surface area contributed by atoms with Crippen molar-refractivity contribution in [3.05, 3.63) is 20.8 Å². The highest BCUT2D eigenvalue weighted by Crippen LogP contribution is 2.20. The Balaban J connectivity index is 2.45. The summed E-state index contributed by atoms with van der Waals surface area (Å²) < 4.78 is 1.11. The first-order valence-electron chi connectivity index (χ1n) is 3.41. The van der Waals surface area contributed by atoms with Crippen LogP contribution in [0.25, 0.3) is 0 Å². The highest BCUT2D eigenvalue weighted by Gasteiger charge is 1.98. The first-order chi connectivity index (χ1) is 5.18. The van der Waals surface area contributed by atoms with Crippen molar-refractivity contribution in [2.75, 3.05) is 0 Å². The minimum absolute atomic E-state index is 0.259. The lowest BCUT2D eigenvalue weighted by atomic mass is 10.2. The number of halogens is 1. The molecule has 0 N–H and O–H groups in total. The predicted molar refractivity (Wildman–Crippen MR) is 51.0 cm³/mol. The molecule has 0 saturated heterocycles. The van der Waals surface area contributed by atoms with Gasteiger partial charge in [-0.15, -0.1) is 11.3 Å². The Kier molecular flexibility index (Phi) is 3.27. The predicted octanol–water partition coefficient (Wildman–Crippen LogP) is 3.03. The molecule has 1 aromatic heterocycles. The summed E-state index contributed by atoms with van der Waals surface area (Å²) in [5.74, 6) is 0.259. The Hall–Kier alpha value is -0.150. The molecule has 0 fully saturated rings. The first kappa shape index (κ1) is 8.94. The number of aryl methyl sites for hydroxylation is 1. The molecule has 1 aromatic rings. The molecule has 0 aromatic carbocycles. The fourth-order valence-electron chi connectivity index (χ4n) is 0.784. The van der Waals surface area contributed by atoms with Crippen LogP contribution in [0.15, 0.2) is 15.9 Å². The second-order valence-electron chi connectivity index (χ2n) is 2.43. The van der Waals surface area contributed by atoms with Crippen molar-refractivity contribution in [1.29, 1.82) is 0 Å². The van der Waals surface area contributed by atoms with Crippen molar-refractivity contribution in [2.45, 2.75) is 19.8 Å². The molecule has 0 bridgehead atoms. The summed E-state index contributed by atoms with van der Waals surface area (Å²) in [4.78, 5) is 11.9. The monoisotopic (exact) mass is 232 g/mol. The van der Waals surface area contributed by atoms with E-state index >= 15 is 0 Å². The molecule has 0 spiro atoms. The van der Waals surface area contributed by atoms with Crippen molar-refractivity contribution in [1.82, 2.24) is 0 Å². The summed E-state index contributed by atoms with van der Waals surface area (Å²) in [6.45, 7) is 1.63. The van der Waals surface area contributed by atoms with Crippen LogP contribution >= 0.6 is 27.3 Å². The van der Waals surface area contributed by atoms with Crippen molar-refractivity contribution >= 4 is 33.0 Å². The topological polar surface area (TPSA) is 17.1 Å². The fraction of sp³-hybridized carbons (Fsp3) is 0.375. The minimum atomic E-state index is 0.259. The zero-order valence-corrected chi connectivity index (χ0v) is 8.67. The first-order valence-corrected chi connectivity index (χ1v) is 5.08. The summed E-state index contributed by atoms with van der Waals surface area (Å²) in [6.07, 6.45) is 1.54. The number of ketones is 1. The lowest BCUT2D eigenvalue weighted by Gasteiger charge is -1.90. The van der Waals surface area contributed by atoms with Gasteiger partial charge in [-0.3, -0.25) is 0 Å². The summed E-state index contributed by atoms with van der Waals surface area (Å²) in [7, 11) is 0. The second-order valence-corrected chi connectivity index (χ2v) is 4.34. The van der Waals surface area contributed by atoms with Gasteiger partial charge in [0.2, 0.25) is 0 Å². The third kappa shape index (κ3) is 3.16.